The monoisotopic (exact) mass is 585 g/mol. The van der Waals surface area contributed by atoms with Gasteiger partial charge in [0.25, 0.3) is 0 Å². The molecule has 14 heteroatoms. The zero-order valence-electron chi connectivity index (χ0n) is 15.0. The Balaban J connectivity index is -0.000000751. The summed E-state index contributed by atoms with van der Waals surface area (Å²) in [5.74, 6) is 0.378. The number of phosphoric ester groups is 1. The Kier molecular flexibility index (Phi) is 11.6. The van der Waals surface area contributed by atoms with E-state index in [9.17, 15) is 24.3 Å². The Labute approximate surface area is 172 Å². The van der Waals surface area contributed by atoms with Gasteiger partial charge in [0.05, 0.1) is 20.5 Å². The fourth-order valence-electron chi connectivity index (χ4n) is 1.79. The number of hydrogen-bond donors (Lipinski definition) is 3. The number of aromatic nitrogens is 2. The van der Waals surface area contributed by atoms with E-state index in [0.29, 0.717) is 5.75 Å². The Morgan fingerprint density at radius 1 is 1.64 bits per heavy atom. The van der Waals surface area contributed by atoms with Gasteiger partial charge < -0.3 is 62.8 Å². The number of ether oxygens (including phenoxy) is 1. The van der Waals surface area contributed by atoms with E-state index in [1.54, 1.807) is 0 Å². The predicted octanol–water partition coefficient (Wildman–Crippen LogP) is -3.13. The molecule has 0 aliphatic carbocycles. The van der Waals surface area contributed by atoms with Crippen LogP contribution in [0.3, 0.4) is 0 Å². The van der Waals surface area contributed by atoms with Crippen LogP contribution in [0.15, 0.2) is 11.0 Å². The quantitative estimate of drug-likeness (QED) is 0.138. The molecule has 1 fully saturated rings. The molecule has 0 spiro atoms. The third-order valence-corrected chi connectivity index (χ3v) is 3.44. The maximum atomic E-state index is 11.6. The van der Waals surface area contributed by atoms with Crippen molar-refractivity contribution in [1.29, 1.82) is 0 Å². The Morgan fingerprint density at radius 2 is 2.24 bits per heavy atom. The second-order valence-corrected chi connectivity index (χ2v) is 6.12. The molecule has 0 amide bonds. The first-order chi connectivity index (χ1) is 11.2. The third kappa shape index (κ3) is 8.93. The zero-order chi connectivity index (χ0) is 18.3. The molecule has 4 N–H and O–H groups in total. The molecular formula is C11H18HgN3O8PS. The van der Waals surface area contributed by atoms with Crippen LogP contribution in [-0.2, 0) is 54.1 Å². The normalized spacial score (nSPS) is 22.7. The van der Waals surface area contributed by atoms with Gasteiger partial charge in [-0.3, -0.25) is 0 Å². The minimum atomic E-state index is -5.15. The van der Waals surface area contributed by atoms with Gasteiger partial charge in [-0.2, -0.15) is 11.9 Å². The Bertz CT molecular complexity index is 638. The van der Waals surface area contributed by atoms with Crippen LogP contribution in [0, 0.1) is 6.07 Å². The Morgan fingerprint density at radius 3 is 2.72 bits per heavy atom. The molecule has 0 saturated carbocycles. The van der Waals surface area contributed by atoms with Crippen LogP contribution in [0.2, 0.25) is 0 Å². The van der Waals surface area contributed by atoms with E-state index in [-0.39, 0.29) is 49.4 Å². The molecule has 1 aromatic rings. The van der Waals surface area contributed by atoms with Gasteiger partial charge in [-0.05, 0) is 0 Å². The number of aliphatic hydroxyl groups excluding tert-OH is 2. The average molecular weight is 584 g/mol. The first-order valence-corrected chi connectivity index (χ1v) is 8.67. The number of nitrogens with two attached hydrogens (primary N) is 1. The van der Waals surface area contributed by atoms with E-state index < -0.39 is 38.6 Å². The number of anilines is 1. The number of aliphatic hydroxyl groups is 2. The van der Waals surface area contributed by atoms with Crippen molar-refractivity contribution < 1.29 is 64.3 Å². The molecule has 1 aliphatic rings. The predicted molar refractivity (Wildman–Crippen MR) is 81.4 cm³/mol. The van der Waals surface area contributed by atoms with Crippen LogP contribution in [0.1, 0.15) is 15.5 Å². The fourth-order valence-corrected chi connectivity index (χ4v) is 2.12. The van der Waals surface area contributed by atoms with Crippen LogP contribution in [0.4, 0.5) is 5.82 Å². The molecule has 1 aliphatic heterocycles. The summed E-state index contributed by atoms with van der Waals surface area (Å²) in [5.41, 5.74) is 4.59. The van der Waals surface area contributed by atoms with Gasteiger partial charge in [0.2, 0.25) is 0 Å². The van der Waals surface area contributed by atoms with Crippen molar-refractivity contribution in [3.05, 3.63) is 22.7 Å². The first kappa shape index (κ1) is 25.0. The number of nitrogen functional groups attached to an aromatic ring is 1. The standard InChI is InChI=1S/C9H13N3O7P.C2H6OS.Hg/c10-7-1-2-12(9(14)11-7)8-3-5(13)6(19-8)4-18-20(15,16)17;3-1-2-4;/h2,5-6,8,13H,3-4H2,(H2,10,11,14)(H2,15,16,17);3-4H,1-2H2;/q-1;;+2/p-1. The topological polar surface area (TPSA) is 183 Å². The van der Waals surface area contributed by atoms with Crippen molar-refractivity contribution >= 4 is 26.3 Å². The van der Waals surface area contributed by atoms with Crippen molar-refractivity contribution in [1.82, 2.24) is 9.55 Å². The summed E-state index contributed by atoms with van der Waals surface area (Å²) < 4.78 is 20.7. The molecule has 2 rings (SSSR count). The average Bonchev–Trinajstić information content (AvgIpc) is 2.85. The third-order valence-electron chi connectivity index (χ3n) is 2.79. The number of rotatable bonds is 5. The largest absolute Gasteiger partial charge is 2.00 e. The number of hydrogen-bond acceptors (Lipinski definition) is 11. The van der Waals surface area contributed by atoms with E-state index in [1.165, 1.54) is 6.20 Å². The summed E-state index contributed by atoms with van der Waals surface area (Å²) in [6.07, 6.45) is -1.77. The second kappa shape index (κ2) is 11.6. The van der Waals surface area contributed by atoms with E-state index in [1.807, 2.05) is 0 Å². The molecule has 25 heavy (non-hydrogen) atoms. The molecule has 0 aromatic carbocycles. The first-order valence-electron chi connectivity index (χ1n) is 6.63. The van der Waals surface area contributed by atoms with Gasteiger partial charge in [0.1, 0.15) is 12.3 Å². The smallest absolute Gasteiger partial charge is 0.790 e. The second-order valence-electron chi connectivity index (χ2n) is 4.56. The van der Waals surface area contributed by atoms with Crippen molar-refractivity contribution in [3.63, 3.8) is 0 Å². The van der Waals surface area contributed by atoms with Gasteiger partial charge in [0, 0.05) is 13.0 Å². The van der Waals surface area contributed by atoms with Crippen LogP contribution in [0.25, 0.3) is 0 Å². The molecular weight excluding hydrogens is 566 g/mol. The van der Waals surface area contributed by atoms with Crippen LogP contribution in [-0.4, -0.2) is 50.9 Å². The van der Waals surface area contributed by atoms with E-state index >= 15 is 0 Å². The minimum absolute atomic E-state index is 0. The van der Waals surface area contributed by atoms with Crippen molar-refractivity contribution in [2.45, 2.75) is 24.9 Å². The summed E-state index contributed by atoms with van der Waals surface area (Å²) in [6.45, 7) is -0.488. The molecule has 2 heterocycles. The Hall–Kier alpha value is -0.0449. The minimum Gasteiger partial charge on any atom is -0.790 e. The summed E-state index contributed by atoms with van der Waals surface area (Å²) in [5, 5.41) is 17.5. The molecule has 1 saturated heterocycles. The molecule has 11 nitrogen and oxygen atoms in total. The summed E-state index contributed by atoms with van der Waals surface area (Å²) in [6, 6.07) is 2.50. The molecule has 1 aromatic heterocycles. The summed E-state index contributed by atoms with van der Waals surface area (Å²) >= 11 is 4.30. The maximum absolute atomic E-state index is 11.6. The van der Waals surface area contributed by atoms with Crippen molar-refractivity contribution in [2.75, 3.05) is 24.7 Å². The van der Waals surface area contributed by atoms with E-state index in [2.05, 4.69) is 28.2 Å². The van der Waals surface area contributed by atoms with Gasteiger partial charge in [0.15, 0.2) is 0 Å². The van der Waals surface area contributed by atoms with Crippen LogP contribution < -0.4 is 21.2 Å². The van der Waals surface area contributed by atoms with Gasteiger partial charge >= 0.3 is 36.2 Å². The van der Waals surface area contributed by atoms with Crippen molar-refractivity contribution in [2.24, 2.45) is 0 Å². The molecule has 138 valence electrons. The zero-order valence-corrected chi connectivity index (χ0v) is 20.2. The molecule has 0 radical (unpaired) electrons. The van der Waals surface area contributed by atoms with E-state index in [4.69, 9.17) is 15.6 Å². The molecule has 3 unspecified atom stereocenters. The van der Waals surface area contributed by atoms with Gasteiger partial charge in [-0.25, -0.2) is 9.78 Å². The molecule has 0 bridgehead atoms. The maximum Gasteiger partial charge on any atom is 2.00 e. The fraction of sp³-hybridized carbons (Fsp3) is 0.636. The van der Waals surface area contributed by atoms with Gasteiger partial charge in [-0.1, -0.05) is 5.82 Å². The molecule has 3 atom stereocenters. The van der Waals surface area contributed by atoms with Crippen LogP contribution in [0.5, 0.6) is 0 Å². The number of nitrogens with zero attached hydrogens (tertiary/aromatic N) is 2. The SMILES string of the molecule is Nc1[c-]cn(C2CC(O)C(COP(=O)([O-])[O-])O2)c(=O)n1.OCC[S-].[H+].[H+].[Hg+2]. The summed E-state index contributed by atoms with van der Waals surface area (Å²) in [4.78, 5) is 35.8. The number of phosphoric acid groups is 1. The summed E-state index contributed by atoms with van der Waals surface area (Å²) in [7, 11) is -5.15. The van der Waals surface area contributed by atoms with Crippen LogP contribution >= 0.6 is 7.82 Å². The van der Waals surface area contributed by atoms with E-state index in [0.717, 1.165) is 4.57 Å². The van der Waals surface area contributed by atoms with Crippen molar-refractivity contribution in [3.8, 4) is 0 Å². The van der Waals surface area contributed by atoms with Gasteiger partial charge in [-0.15, -0.1) is 0 Å².